The van der Waals surface area contributed by atoms with Gasteiger partial charge in [-0.1, -0.05) is 0 Å². The highest BCUT2D eigenvalue weighted by Gasteiger charge is 2.27. The van der Waals surface area contributed by atoms with Crippen molar-refractivity contribution in [2.75, 3.05) is 39.3 Å². The highest BCUT2D eigenvalue weighted by molar-refractivity contribution is 5.92. The number of carbonyl (C=O) groups is 1. The largest absolute Gasteiger partial charge is 0.366 e. The number of nitrogens with zero attached hydrogens (tertiary/aromatic N) is 2. The number of piperazine rings is 1. The van der Waals surface area contributed by atoms with Gasteiger partial charge < -0.3 is 11.1 Å². The molecule has 3 N–H and O–H groups in total. The fourth-order valence-electron chi connectivity index (χ4n) is 2.91. The Bertz CT molecular complexity index is 524. The van der Waals surface area contributed by atoms with E-state index < -0.39 is 5.91 Å². The predicted octanol–water partition coefficient (Wildman–Crippen LogP) is 0.0140. The Morgan fingerprint density at radius 1 is 1.29 bits per heavy atom. The average molecular weight is 292 g/mol. The lowest BCUT2D eigenvalue weighted by atomic mass is 10.1. The van der Waals surface area contributed by atoms with E-state index in [0.29, 0.717) is 23.7 Å². The Labute approximate surface area is 123 Å². The van der Waals surface area contributed by atoms with Crippen LogP contribution in [0.3, 0.4) is 0 Å². The monoisotopic (exact) mass is 292 g/mol. The van der Waals surface area contributed by atoms with Crippen LogP contribution in [0.5, 0.6) is 0 Å². The molecule has 0 atom stereocenters. The molecule has 6 heteroatoms. The van der Waals surface area contributed by atoms with Crippen LogP contribution in [0.1, 0.15) is 15.9 Å². The molecule has 0 radical (unpaired) electrons. The summed E-state index contributed by atoms with van der Waals surface area (Å²) >= 11 is 0. The first kappa shape index (κ1) is 14.4. The Morgan fingerprint density at radius 2 is 2.00 bits per heavy atom. The van der Waals surface area contributed by atoms with Crippen molar-refractivity contribution in [1.82, 2.24) is 15.1 Å². The van der Waals surface area contributed by atoms with Crippen molar-refractivity contribution in [1.29, 1.82) is 0 Å². The number of hydrogen-bond acceptors (Lipinski definition) is 4. The summed E-state index contributed by atoms with van der Waals surface area (Å²) in [6.07, 6.45) is 0. The molecule has 21 heavy (non-hydrogen) atoms. The van der Waals surface area contributed by atoms with Crippen LogP contribution in [-0.2, 0) is 6.54 Å². The van der Waals surface area contributed by atoms with E-state index in [-0.39, 0.29) is 5.82 Å². The smallest absolute Gasteiger partial charge is 0.248 e. The zero-order valence-electron chi connectivity index (χ0n) is 12.0. The Morgan fingerprint density at radius 3 is 2.57 bits per heavy atom. The van der Waals surface area contributed by atoms with E-state index in [2.05, 4.69) is 15.1 Å². The quantitative estimate of drug-likeness (QED) is 0.821. The summed E-state index contributed by atoms with van der Waals surface area (Å²) in [7, 11) is 0. The normalized spacial score (nSPS) is 21.2. The fourth-order valence-corrected chi connectivity index (χ4v) is 2.91. The van der Waals surface area contributed by atoms with Crippen molar-refractivity contribution in [3.05, 3.63) is 35.1 Å². The standard InChI is InChI=1S/C15H21FN4O/c16-14-2-1-11(15(17)21)7-12(14)10-19-3-5-20(6-4-19)13-8-18-9-13/h1-2,7,13,18H,3-6,8-10H2,(H2,17,21). The molecule has 2 aliphatic rings. The Hall–Kier alpha value is -1.50. The van der Waals surface area contributed by atoms with Gasteiger partial charge in [-0.2, -0.15) is 0 Å². The first-order valence-electron chi connectivity index (χ1n) is 7.39. The zero-order valence-corrected chi connectivity index (χ0v) is 12.0. The minimum absolute atomic E-state index is 0.273. The molecule has 114 valence electrons. The number of benzene rings is 1. The molecule has 5 nitrogen and oxygen atoms in total. The summed E-state index contributed by atoms with van der Waals surface area (Å²) in [5, 5.41) is 3.29. The summed E-state index contributed by atoms with van der Waals surface area (Å²) in [5.41, 5.74) is 6.16. The highest BCUT2D eigenvalue weighted by Crippen LogP contribution is 2.16. The third-order valence-electron chi connectivity index (χ3n) is 4.41. The predicted molar refractivity (Wildman–Crippen MR) is 78.4 cm³/mol. The van der Waals surface area contributed by atoms with Crippen molar-refractivity contribution in [2.45, 2.75) is 12.6 Å². The van der Waals surface area contributed by atoms with E-state index in [1.165, 1.54) is 12.1 Å². The second-order valence-electron chi connectivity index (χ2n) is 5.79. The van der Waals surface area contributed by atoms with Crippen molar-refractivity contribution in [3.8, 4) is 0 Å². The van der Waals surface area contributed by atoms with E-state index in [9.17, 15) is 9.18 Å². The summed E-state index contributed by atoms with van der Waals surface area (Å²) in [5.74, 6) is -0.788. The minimum Gasteiger partial charge on any atom is -0.366 e. The first-order chi connectivity index (χ1) is 10.1. The van der Waals surface area contributed by atoms with Crippen molar-refractivity contribution < 1.29 is 9.18 Å². The molecule has 0 aromatic heterocycles. The van der Waals surface area contributed by atoms with Gasteiger partial charge in [-0.15, -0.1) is 0 Å². The van der Waals surface area contributed by atoms with Gasteiger partial charge in [0.05, 0.1) is 0 Å². The lowest BCUT2D eigenvalue weighted by Gasteiger charge is -2.43. The van der Waals surface area contributed by atoms with Crippen LogP contribution in [0.4, 0.5) is 4.39 Å². The minimum atomic E-state index is -0.515. The second-order valence-corrected chi connectivity index (χ2v) is 5.79. The van der Waals surface area contributed by atoms with Gasteiger partial charge >= 0.3 is 0 Å². The van der Waals surface area contributed by atoms with Crippen LogP contribution in [0.15, 0.2) is 18.2 Å². The highest BCUT2D eigenvalue weighted by atomic mass is 19.1. The molecule has 0 unspecified atom stereocenters. The molecule has 0 spiro atoms. The number of amides is 1. The lowest BCUT2D eigenvalue weighted by molar-refractivity contribution is 0.0690. The van der Waals surface area contributed by atoms with Gasteiger partial charge in [0.2, 0.25) is 5.91 Å². The van der Waals surface area contributed by atoms with Crippen LogP contribution < -0.4 is 11.1 Å². The maximum Gasteiger partial charge on any atom is 0.248 e. The molecule has 2 aliphatic heterocycles. The van der Waals surface area contributed by atoms with E-state index in [1.54, 1.807) is 6.07 Å². The molecule has 1 aromatic carbocycles. The molecular formula is C15H21FN4O. The summed E-state index contributed by atoms with van der Waals surface area (Å²) < 4.78 is 13.9. The average Bonchev–Trinajstić information content (AvgIpc) is 2.41. The Balaban J connectivity index is 1.59. The molecule has 2 saturated heterocycles. The number of primary amides is 1. The van der Waals surface area contributed by atoms with E-state index in [1.807, 2.05) is 0 Å². The van der Waals surface area contributed by atoms with Crippen LogP contribution >= 0.6 is 0 Å². The lowest BCUT2D eigenvalue weighted by Crippen LogP contribution is -2.61. The molecular weight excluding hydrogens is 271 g/mol. The van der Waals surface area contributed by atoms with Gasteiger partial charge in [0.15, 0.2) is 0 Å². The van der Waals surface area contributed by atoms with Crippen LogP contribution in [0.25, 0.3) is 0 Å². The number of hydrogen-bond donors (Lipinski definition) is 2. The maximum atomic E-state index is 13.9. The van der Waals surface area contributed by atoms with E-state index >= 15 is 0 Å². The van der Waals surface area contributed by atoms with E-state index in [4.69, 9.17) is 5.73 Å². The summed E-state index contributed by atoms with van der Waals surface area (Å²) in [6, 6.07) is 5.00. The number of nitrogens with one attached hydrogen (secondary N) is 1. The third kappa shape index (κ3) is 3.23. The number of nitrogens with two attached hydrogens (primary N) is 1. The van der Waals surface area contributed by atoms with Gasteiger partial charge in [0, 0.05) is 63.0 Å². The molecule has 2 heterocycles. The summed E-state index contributed by atoms with van der Waals surface area (Å²) in [6.45, 7) is 6.58. The van der Waals surface area contributed by atoms with Crippen LogP contribution in [0, 0.1) is 5.82 Å². The number of halogens is 1. The van der Waals surface area contributed by atoms with E-state index in [0.717, 1.165) is 39.3 Å². The summed E-state index contributed by atoms with van der Waals surface area (Å²) in [4.78, 5) is 15.9. The third-order valence-corrected chi connectivity index (χ3v) is 4.41. The van der Waals surface area contributed by atoms with Gasteiger partial charge in [0.25, 0.3) is 0 Å². The van der Waals surface area contributed by atoms with Gasteiger partial charge in [0.1, 0.15) is 5.82 Å². The molecule has 2 fully saturated rings. The number of carbonyl (C=O) groups excluding carboxylic acids is 1. The molecule has 1 aromatic rings. The zero-order chi connectivity index (χ0) is 14.8. The molecule has 0 bridgehead atoms. The molecule has 0 saturated carbocycles. The Kier molecular flexibility index (Phi) is 4.19. The van der Waals surface area contributed by atoms with Crippen molar-refractivity contribution >= 4 is 5.91 Å². The first-order valence-corrected chi connectivity index (χ1v) is 7.39. The second kappa shape index (κ2) is 6.09. The molecule has 1 amide bonds. The fraction of sp³-hybridized carbons (Fsp3) is 0.533. The molecule has 0 aliphatic carbocycles. The topological polar surface area (TPSA) is 61.6 Å². The van der Waals surface area contributed by atoms with Crippen LogP contribution in [-0.4, -0.2) is 61.0 Å². The van der Waals surface area contributed by atoms with Crippen molar-refractivity contribution in [3.63, 3.8) is 0 Å². The van der Waals surface area contributed by atoms with Crippen molar-refractivity contribution in [2.24, 2.45) is 5.73 Å². The SMILES string of the molecule is NC(=O)c1ccc(F)c(CN2CCN(C3CNC3)CC2)c1. The van der Waals surface area contributed by atoms with Gasteiger partial charge in [-0.05, 0) is 18.2 Å². The molecule has 3 rings (SSSR count). The van der Waals surface area contributed by atoms with Gasteiger partial charge in [-0.3, -0.25) is 14.6 Å². The van der Waals surface area contributed by atoms with Crippen LogP contribution in [0.2, 0.25) is 0 Å². The van der Waals surface area contributed by atoms with Gasteiger partial charge in [-0.25, -0.2) is 4.39 Å². The maximum absolute atomic E-state index is 13.9. The number of rotatable bonds is 4.